The molecule has 0 bridgehead atoms. The molecule has 2 rings (SSSR count). The first-order chi connectivity index (χ1) is 12.7. The van der Waals surface area contributed by atoms with Crippen molar-refractivity contribution in [2.24, 2.45) is 11.3 Å². The SMILES string of the molecule is CC.CCC(C(=O)N(C(=O)c1ccco1)c1ccc(Cl)cc1C)C(C)(C)C. The number of halogens is 1. The number of benzene rings is 1. The molecule has 0 aliphatic rings. The zero-order valence-corrected chi connectivity index (χ0v) is 18.1. The molecule has 5 heteroatoms. The maximum atomic E-state index is 13.3. The van der Waals surface area contributed by atoms with Crippen LogP contribution in [0, 0.1) is 18.3 Å². The number of rotatable bonds is 4. The van der Waals surface area contributed by atoms with Crippen LogP contribution in [0.2, 0.25) is 5.02 Å². The zero-order chi connectivity index (χ0) is 20.8. The summed E-state index contributed by atoms with van der Waals surface area (Å²) in [5.41, 5.74) is 1.01. The molecule has 0 fully saturated rings. The van der Waals surface area contributed by atoms with Gasteiger partial charge >= 0.3 is 5.91 Å². The summed E-state index contributed by atoms with van der Waals surface area (Å²) in [7, 11) is 0. The van der Waals surface area contributed by atoms with Crippen LogP contribution in [-0.2, 0) is 4.79 Å². The second kappa shape index (κ2) is 9.75. The van der Waals surface area contributed by atoms with Gasteiger partial charge in [0.25, 0.3) is 0 Å². The summed E-state index contributed by atoms with van der Waals surface area (Å²) in [5.74, 6) is -0.877. The first kappa shape index (κ1) is 23.0. The standard InChI is InChI=1S/C20H24ClNO3.C2H6/c1-6-15(20(3,4)5)18(23)22(19(24)17-8-7-11-25-17)16-10-9-14(21)12-13(16)2;1-2/h7-12,15H,6H2,1-5H3;1-2H3. The van der Waals surface area contributed by atoms with Gasteiger partial charge in [-0.3, -0.25) is 9.59 Å². The first-order valence-electron chi connectivity index (χ1n) is 9.34. The van der Waals surface area contributed by atoms with Crippen molar-refractivity contribution in [3.05, 3.63) is 52.9 Å². The summed E-state index contributed by atoms with van der Waals surface area (Å²) in [5, 5.41) is 0.557. The molecule has 0 aliphatic heterocycles. The number of nitrogens with zero attached hydrogens (tertiary/aromatic N) is 1. The Morgan fingerprint density at radius 1 is 1.19 bits per heavy atom. The fourth-order valence-electron chi connectivity index (χ4n) is 3.02. The van der Waals surface area contributed by atoms with E-state index in [1.54, 1.807) is 30.3 Å². The molecule has 1 unspecified atom stereocenters. The molecule has 148 valence electrons. The topological polar surface area (TPSA) is 50.5 Å². The van der Waals surface area contributed by atoms with Gasteiger partial charge in [0.15, 0.2) is 5.76 Å². The Hall–Kier alpha value is -2.07. The van der Waals surface area contributed by atoms with E-state index >= 15 is 0 Å². The molecule has 4 nitrogen and oxygen atoms in total. The molecule has 0 spiro atoms. The second-order valence-corrected chi connectivity index (χ2v) is 7.65. The summed E-state index contributed by atoms with van der Waals surface area (Å²) >= 11 is 6.04. The van der Waals surface area contributed by atoms with E-state index < -0.39 is 5.91 Å². The van der Waals surface area contributed by atoms with E-state index in [1.165, 1.54) is 11.2 Å². The van der Waals surface area contributed by atoms with E-state index in [4.69, 9.17) is 16.0 Å². The molecule has 2 amide bonds. The maximum Gasteiger partial charge on any atom is 0.300 e. The molecule has 0 saturated carbocycles. The number of carbonyl (C=O) groups excluding carboxylic acids is 2. The van der Waals surface area contributed by atoms with Crippen molar-refractivity contribution in [3.8, 4) is 0 Å². The van der Waals surface area contributed by atoms with Crippen LogP contribution in [-0.4, -0.2) is 11.8 Å². The highest BCUT2D eigenvalue weighted by Crippen LogP contribution is 2.34. The predicted octanol–water partition coefficient (Wildman–Crippen LogP) is 6.51. The van der Waals surface area contributed by atoms with Gasteiger partial charge in [-0.25, -0.2) is 4.90 Å². The molecule has 27 heavy (non-hydrogen) atoms. The Kier molecular flexibility index (Phi) is 8.29. The first-order valence-corrected chi connectivity index (χ1v) is 9.72. The fraction of sp³-hybridized carbons (Fsp3) is 0.455. The maximum absolute atomic E-state index is 13.3. The Morgan fingerprint density at radius 3 is 2.26 bits per heavy atom. The second-order valence-electron chi connectivity index (χ2n) is 7.21. The van der Waals surface area contributed by atoms with E-state index in [9.17, 15) is 9.59 Å². The highest BCUT2D eigenvalue weighted by Gasteiger charge is 2.37. The molecule has 1 aromatic carbocycles. The van der Waals surface area contributed by atoms with Crippen molar-refractivity contribution in [1.82, 2.24) is 0 Å². The molecule has 1 atom stereocenters. The Balaban J connectivity index is 0.00000176. The Bertz CT molecular complexity index is 760. The van der Waals surface area contributed by atoms with Crippen LogP contribution in [0.15, 0.2) is 41.0 Å². The van der Waals surface area contributed by atoms with Gasteiger partial charge in [-0.1, -0.05) is 53.1 Å². The van der Waals surface area contributed by atoms with Crippen LogP contribution in [0.1, 0.15) is 64.1 Å². The highest BCUT2D eigenvalue weighted by atomic mass is 35.5. The lowest BCUT2D eigenvalue weighted by atomic mass is 9.78. The van der Waals surface area contributed by atoms with Gasteiger partial charge in [-0.05, 0) is 54.7 Å². The number of imide groups is 1. The molecule has 0 aliphatic carbocycles. The summed E-state index contributed by atoms with van der Waals surface area (Å²) in [6.07, 6.45) is 2.06. The van der Waals surface area contributed by atoms with Crippen molar-refractivity contribution in [2.75, 3.05) is 4.90 Å². The zero-order valence-electron chi connectivity index (χ0n) is 17.3. The van der Waals surface area contributed by atoms with E-state index in [-0.39, 0.29) is 23.0 Å². The van der Waals surface area contributed by atoms with Crippen molar-refractivity contribution < 1.29 is 14.0 Å². The minimum atomic E-state index is -0.469. The third kappa shape index (κ3) is 5.46. The Labute approximate surface area is 167 Å². The molecule has 0 saturated heterocycles. The third-order valence-corrected chi connectivity index (χ3v) is 4.54. The van der Waals surface area contributed by atoms with E-state index in [0.717, 1.165) is 5.56 Å². The predicted molar refractivity (Wildman–Crippen MR) is 111 cm³/mol. The number of anilines is 1. The van der Waals surface area contributed by atoms with Crippen LogP contribution < -0.4 is 4.90 Å². The molecule has 0 radical (unpaired) electrons. The van der Waals surface area contributed by atoms with Gasteiger partial charge in [0.05, 0.1) is 12.0 Å². The van der Waals surface area contributed by atoms with Crippen LogP contribution in [0.5, 0.6) is 0 Å². The van der Waals surface area contributed by atoms with Gasteiger partial charge in [0.1, 0.15) is 0 Å². The Morgan fingerprint density at radius 2 is 1.81 bits per heavy atom. The number of hydrogen-bond acceptors (Lipinski definition) is 3. The minimum absolute atomic E-state index is 0.131. The summed E-state index contributed by atoms with van der Waals surface area (Å²) < 4.78 is 5.24. The monoisotopic (exact) mass is 391 g/mol. The smallest absolute Gasteiger partial charge is 0.300 e. The number of aryl methyl sites for hydroxylation is 1. The number of hydrogen-bond donors (Lipinski definition) is 0. The summed E-state index contributed by atoms with van der Waals surface area (Å²) in [6.45, 7) is 13.8. The molecular formula is C22H30ClNO3. The van der Waals surface area contributed by atoms with E-state index in [1.807, 2.05) is 48.5 Å². The lowest BCUT2D eigenvalue weighted by Crippen LogP contribution is -2.45. The van der Waals surface area contributed by atoms with Crippen LogP contribution >= 0.6 is 11.6 Å². The van der Waals surface area contributed by atoms with Gasteiger partial charge in [-0.2, -0.15) is 0 Å². The number of carbonyl (C=O) groups is 2. The van der Waals surface area contributed by atoms with Crippen LogP contribution in [0.4, 0.5) is 5.69 Å². The van der Waals surface area contributed by atoms with Crippen molar-refractivity contribution >= 4 is 29.1 Å². The van der Waals surface area contributed by atoms with Gasteiger partial charge < -0.3 is 4.42 Å². The van der Waals surface area contributed by atoms with Gasteiger partial charge in [-0.15, -0.1) is 0 Å². The van der Waals surface area contributed by atoms with Crippen molar-refractivity contribution in [3.63, 3.8) is 0 Å². The summed E-state index contributed by atoms with van der Waals surface area (Å²) in [6, 6.07) is 8.31. The average Bonchev–Trinajstić information content (AvgIpc) is 3.12. The number of amides is 2. The minimum Gasteiger partial charge on any atom is -0.459 e. The summed E-state index contributed by atoms with van der Waals surface area (Å²) in [4.78, 5) is 27.6. The molecular weight excluding hydrogens is 362 g/mol. The third-order valence-electron chi connectivity index (χ3n) is 4.31. The normalized spacial score (nSPS) is 12.0. The largest absolute Gasteiger partial charge is 0.459 e. The molecule has 1 heterocycles. The lowest BCUT2D eigenvalue weighted by Gasteiger charge is -2.33. The molecule has 2 aromatic rings. The van der Waals surface area contributed by atoms with Crippen LogP contribution in [0.25, 0.3) is 0 Å². The quantitative estimate of drug-likeness (QED) is 0.596. The van der Waals surface area contributed by atoms with Crippen LogP contribution in [0.3, 0.4) is 0 Å². The van der Waals surface area contributed by atoms with Crippen molar-refractivity contribution in [1.29, 1.82) is 0 Å². The number of furan rings is 1. The fourth-order valence-corrected chi connectivity index (χ4v) is 3.25. The van der Waals surface area contributed by atoms with Gasteiger partial charge in [0, 0.05) is 10.9 Å². The highest BCUT2D eigenvalue weighted by molar-refractivity contribution is 6.31. The molecule has 0 N–H and O–H groups in total. The average molecular weight is 392 g/mol. The van der Waals surface area contributed by atoms with E-state index in [2.05, 4.69) is 0 Å². The molecule has 1 aromatic heterocycles. The van der Waals surface area contributed by atoms with Gasteiger partial charge in [0.2, 0.25) is 5.91 Å². The van der Waals surface area contributed by atoms with Crippen molar-refractivity contribution in [2.45, 2.75) is 54.9 Å². The van der Waals surface area contributed by atoms with E-state index in [0.29, 0.717) is 17.1 Å². The lowest BCUT2D eigenvalue weighted by molar-refractivity contribution is -0.125.